The fourth-order valence-electron chi connectivity index (χ4n) is 0.835. The first-order valence-corrected chi connectivity index (χ1v) is 6.49. The van der Waals surface area contributed by atoms with Gasteiger partial charge in [-0.2, -0.15) is 0 Å². The van der Waals surface area contributed by atoms with E-state index in [0.29, 0.717) is 5.57 Å². The molecule has 1 N–H and O–H groups in total. The Labute approximate surface area is 89.6 Å². The van der Waals surface area contributed by atoms with Crippen molar-refractivity contribution in [3.8, 4) is 0 Å². The number of carbonyl (C=O) groups excluding carboxylic acids is 1. The summed E-state index contributed by atoms with van der Waals surface area (Å²) in [4.78, 5) is 20.3. The summed E-state index contributed by atoms with van der Waals surface area (Å²) in [6.45, 7) is 5.31. The van der Waals surface area contributed by atoms with E-state index in [-0.39, 0.29) is 19.4 Å². The maximum absolute atomic E-state index is 11.2. The Hall–Kier alpha value is -0.640. The zero-order chi connectivity index (χ0) is 11.9. The molecule has 5 nitrogen and oxygen atoms in total. The Bertz CT molecular complexity index is 284. The highest BCUT2D eigenvalue weighted by atomic mass is 31.2. The normalized spacial score (nSPS) is 15.9. The third kappa shape index (κ3) is 6.44. The largest absolute Gasteiger partial charge is 0.463 e. The van der Waals surface area contributed by atoms with Crippen molar-refractivity contribution in [3.05, 3.63) is 11.6 Å². The Morgan fingerprint density at radius 2 is 2.00 bits per heavy atom. The molecule has 0 bridgehead atoms. The molecule has 0 heterocycles. The minimum Gasteiger partial charge on any atom is -0.463 e. The lowest BCUT2D eigenvalue weighted by Gasteiger charge is -2.08. The van der Waals surface area contributed by atoms with Crippen LogP contribution >= 0.6 is 7.60 Å². The Balaban J connectivity index is 4.27. The highest BCUT2D eigenvalue weighted by Crippen LogP contribution is 2.41. The van der Waals surface area contributed by atoms with Crippen LogP contribution < -0.4 is 0 Å². The van der Waals surface area contributed by atoms with E-state index in [0.717, 1.165) is 0 Å². The fourth-order valence-corrected chi connectivity index (χ4v) is 1.85. The maximum Gasteiger partial charge on any atom is 0.333 e. The third-order valence-corrected chi connectivity index (χ3v) is 2.86. The standard InChI is InChI=1S/C9H17O5P/c1-4-13-9(10)8(3)6-7-15(11,12)14-5-2/h6H,4-5,7H2,1-3H3,(H,11,12). The van der Waals surface area contributed by atoms with Crippen LogP contribution in [0.2, 0.25) is 0 Å². The predicted molar refractivity (Wildman–Crippen MR) is 56.7 cm³/mol. The van der Waals surface area contributed by atoms with E-state index < -0.39 is 13.6 Å². The van der Waals surface area contributed by atoms with E-state index in [4.69, 9.17) is 4.74 Å². The first-order chi connectivity index (χ1) is 6.93. The van der Waals surface area contributed by atoms with Gasteiger partial charge in [0.15, 0.2) is 0 Å². The number of rotatable bonds is 6. The van der Waals surface area contributed by atoms with Crippen LogP contribution in [-0.2, 0) is 18.6 Å². The van der Waals surface area contributed by atoms with E-state index in [1.807, 2.05) is 0 Å². The van der Waals surface area contributed by atoms with Crippen molar-refractivity contribution in [1.82, 2.24) is 0 Å². The molecule has 6 heteroatoms. The lowest BCUT2D eigenvalue weighted by molar-refractivity contribution is -0.138. The van der Waals surface area contributed by atoms with Gasteiger partial charge in [-0.15, -0.1) is 0 Å². The molecule has 88 valence electrons. The lowest BCUT2D eigenvalue weighted by atomic mass is 10.3. The molecule has 0 aliphatic carbocycles. The number of carbonyl (C=O) groups is 1. The Morgan fingerprint density at radius 1 is 1.40 bits per heavy atom. The van der Waals surface area contributed by atoms with Crippen LogP contribution in [0.25, 0.3) is 0 Å². The van der Waals surface area contributed by atoms with E-state index in [2.05, 4.69) is 4.52 Å². The van der Waals surface area contributed by atoms with E-state index in [1.165, 1.54) is 13.0 Å². The van der Waals surface area contributed by atoms with Crippen molar-refractivity contribution in [3.63, 3.8) is 0 Å². The molecule has 0 saturated carbocycles. The maximum atomic E-state index is 11.2. The van der Waals surface area contributed by atoms with E-state index in [1.54, 1.807) is 13.8 Å². The van der Waals surface area contributed by atoms with Crippen molar-refractivity contribution < 1.29 is 23.5 Å². The van der Waals surface area contributed by atoms with Gasteiger partial charge in [-0.25, -0.2) is 4.79 Å². The van der Waals surface area contributed by atoms with Gasteiger partial charge in [0.05, 0.1) is 19.4 Å². The van der Waals surface area contributed by atoms with Crippen molar-refractivity contribution in [2.24, 2.45) is 0 Å². The summed E-state index contributed by atoms with van der Waals surface area (Å²) < 4.78 is 20.6. The molecular formula is C9H17O5P. The quantitative estimate of drug-likeness (QED) is 0.432. The van der Waals surface area contributed by atoms with Gasteiger partial charge in [-0.05, 0) is 20.8 Å². The molecule has 0 radical (unpaired) electrons. The zero-order valence-electron chi connectivity index (χ0n) is 9.23. The molecule has 0 amide bonds. The van der Waals surface area contributed by atoms with Gasteiger partial charge in [-0.1, -0.05) is 6.08 Å². The zero-order valence-corrected chi connectivity index (χ0v) is 10.1. The van der Waals surface area contributed by atoms with E-state index in [9.17, 15) is 14.3 Å². The molecule has 0 aromatic heterocycles. The van der Waals surface area contributed by atoms with Crippen LogP contribution in [-0.4, -0.2) is 30.2 Å². The lowest BCUT2D eigenvalue weighted by Crippen LogP contribution is -2.06. The molecule has 0 fully saturated rings. The summed E-state index contributed by atoms with van der Waals surface area (Å²) in [6.07, 6.45) is 1.18. The molecular weight excluding hydrogens is 219 g/mol. The summed E-state index contributed by atoms with van der Waals surface area (Å²) in [5.41, 5.74) is 0.311. The van der Waals surface area contributed by atoms with Crippen LogP contribution in [0.4, 0.5) is 0 Å². The number of hydrogen-bond donors (Lipinski definition) is 1. The molecule has 0 spiro atoms. The van der Waals surface area contributed by atoms with Gasteiger partial charge in [0.1, 0.15) is 0 Å². The van der Waals surface area contributed by atoms with Gasteiger partial charge >= 0.3 is 13.6 Å². The molecule has 15 heavy (non-hydrogen) atoms. The van der Waals surface area contributed by atoms with Crippen LogP contribution in [0.1, 0.15) is 20.8 Å². The predicted octanol–water partition coefficient (Wildman–Crippen LogP) is 1.72. The topological polar surface area (TPSA) is 72.8 Å². The van der Waals surface area contributed by atoms with Gasteiger partial charge in [0, 0.05) is 5.57 Å². The third-order valence-electron chi connectivity index (χ3n) is 1.56. The number of allylic oxidation sites excluding steroid dienone is 1. The minimum atomic E-state index is -3.59. The second-order valence-electron chi connectivity index (χ2n) is 2.85. The summed E-state index contributed by atoms with van der Waals surface area (Å²) >= 11 is 0. The molecule has 0 rings (SSSR count). The molecule has 0 aromatic carbocycles. The summed E-state index contributed by atoms with van der Waals surface area (Å²) in [7, 11) is -3.59. The number of esters is 1. The first kappa shape index (κ1) is 14.4. The number of ether oxygens (including phenoxy) is 1. The minimum absolute atomic E-state index is 0.167. The van der Waals surface area contributed by atoms with Crippen molar-refractivity contribution in [2.75, 3.05) is 19.4 Å². The Morgan fingerprint density at radius 3 is 2.47 bits per heavy atom. The molecule has 0 aliphatic rings. The van der Waals surface area contributed by atoms with Crippen molar-refractivity contribution in [1.29, 1.82) is 0 Å². The van der Waals surface area contributed by atoms with Crippen LogP contribution in [0.15, 0.2) is 11.6 Å². The van der Waals surface area contributed by atoms with Gasteiger partial charge in [0.25, 0.3) is 0 Å². The summed E-state index contributed by atoms with van der Waals surface area (Å²) in [5, 5.41) is 0. The summed E-state index contributed by atoms with van der Waals surface area (Å²) in [6, 6.07) is 0. The average Bonchev–Trinajstić information content (AvgIpc) is 2.14. The molecule has 0 aliphatic heterocycles. The monoisotopic (exact) mass is 236 g/mol. The average molecular weight is 236 g/mol. The molecule has 0 aromatic rings. The Kier molecular flexibility index (Phi) is 6.48. The second kappa shape index (κ2) is 6.77. The van der Waals surface area contributed by atoms with Crippen molar-refractivity contribution >= 4 is 13.6 Å². The second-order valence-corrected chi connectivity index (χ2v) is 4.74. The number of hydrogen-bond acceptors (Lipinski definition) is 4. The fraction of sp³-hybridized carbons (Fsp3) is 0.667. The van der Waals surface area contributed by atoms with Gasteiger partial charge < -0.3 is 14.2 Å². The highest BCUT2D eigenvalue weighted by molar-refractivity contribution is 7.53. The first-order valence-electron chi connectivity index (χ1n) is 4.73. The molecule has 0 saturated heterocycles. The van der Waals surface area contributed by atoms with E-state index >= 15 is 0 Å². The summed E-state index contributed by atoms with van der Waals surface area (Å²) in [5.74, 6) is -0.478. The van der Waals surface area contributed by atoms with Crippen LogP contribution in [0, 0.1) is 0 Å². The molecule has 1 unspecified atom stereocenters. The van der Waals surface area contributed by atoms with Gasteiger partial charge in [-0.3, -0.25) is 4.57 Å². The van der Waals surface area contributed by atoms with Crippen LogP contribution in [0.5, 0.6) is 0 Å². The SMILES string of the molecule is CCOC(=O)C(C)=CCP(=O)(O)OCC. The van der Waals surface area contributed by atoms with Crippen molar-refractivity contribution in [2.45, 2.75) is 20.8 Å². The smallest absolute Gasteiger partial charge is 0.333 e. The van der Waals surface area contributed by atoms with Crippen LogP contribution in [0.3, 0.4) is 0 Å². The highest BCUT2D eigenvalue weighted by Gasteiger charge is 2.17. The van der Waals surface area contributed by atoms with Gasteiger partial charge in [0.2, 0.25) is 0 Å². The molecule has 1 atom stereocenters.